The highest BCUT2D eigenvalue weighted by Gasteiger charge is 2.30. The summed E-state index contributed by atoms with van der Waals surface area (Å²) in [5.41, 5.74) is 0.915. The summed E-state index contributed by atoms with van der Waals surface area (Å²) < 4.78 is 13.5. The Bertz CT molecular complexity index is 591. The van der Waals surface area contributed by atoms with Gasteiger partial charge in [0.1, 0.15) is 5.82 Å². The van der Waals surface area contributed by atoms with Crippen LogP contribution in [0.5, 0.6) is 0 Å². The van der Waals surface area contributed by atoms with Gasteiger partial charge in [-0.2, -0.15) is 0 Å². The molecule has 23 heavy (non-hydrogen) atoms. The van der Waals surface area contributed by atoms with Crippen LogP contribution in [0.1, 0.15) is 43.9 Å². The van der Waals surface area contributed by atoms with Gasteiger partial charge in [0.05, 0.1) is 12.1 Å². The number of rotatable bonds is 5. The van der Waals surface area contributed by atoms with E-state index in [0.717, 1.165) is 19.3 Å². The van der Waals surface area contributed by atoms with Gasteiger partial charge < -0.3 is 10.2 Å². The molecule has 1 aromatic rings. The van der Waals surface area contributed by atoms with E-state index in [9.17, 15) is 14.0 Å². The van der Waals surface area contributed by atoms with Crippen LogP contribution < -0.4 is 5.32 Å². The molecule has 0 aromatic carbocycles. The van der Waals surface area contributed by atoms with Crippen LogP contribution in [0.4, 0.5) is 4.39 Å². The molecule has 1 fully saturated rings. The van der Waals surface area contributed by atoms with Gasteiger partial charge in [0.25, 0.3) is 0 Å². The minimum atomic E-state index is -0.388. The zero-order valence-corrected chi connectivity index (χ0v) is 13.9. The Labute approximate surface area is 136 Å². The first-order valence-corrected chi connectivity index (χ1v) is 8.06. The van der Waals surface area contributed by atoms with Gasteiger partial charge in [-0.1, -0.05) is 6.92 Å². The van der Waals surface area contributed by atoms with Crippen LogP contribution in [0, 0.1) is 12.7 Å². The van der Waals surface area contributed by atoms with Gasteiger partial charge in [0, 0.05) is 31.7 Å². The Morgan fingerprint density at radius 3 is 2.83 bits per heavy atom. The van der Waals surface area contributed by atoms with Gasteiger partial charge in [-0.15, -0.1) is 0 Å². The summed E-state index contributed by atoms with van der Waals surface area (Å²) >= 11 is 0. The highest BCUT2D eigenvalue weighted by Crippen LogP contribution is 2.24. The van der Waals surface area contributed by atoms with Crippen LogP contribution in [-0.4, -0.2) is 40.8 Å². The van der Waals surface area contributed by atoms with Crippen molar-refractivity contribution in [3.8, 4) is 0 Å². The Morgan fingerprint density at radius 1 is 1.43 bits per heavy atom. The van der Waals surface area contributed by atoms with Crippen molar-refractivity contribution in [1.82, 2.24) is 15.2 Å². The zero-order chi connectivity index (χ0) is 17.0. The molecule has 1 aliphatic rings. The topological polar surface area (TPSA) is 62.3 Å². The van der Waals surface area contributed by atoms with Gasteiger partial charge in [-0.05, 0) is 37.8 Å². The summed E-state index contributed by atoms with van der Waals surface area (Å²) in [6.07, 6.45) is 4.69. The molecule has 0 bridgehead atoms. The van der Waals surface area contributed by atoms with Crippen LogP contribution in [-0.2, 0) is 16.0 Å². The maximum absolute atomic E-state index is 13.5. The number of nitrogens with zero attached hydrogens (tertiary/aromatic N) is 2. The molecular weight excluding hydrogens is 297 g/mol. The molecule has 1 saturated carbocycles. The number of nitrogens with one attached hydrogen (secondary N) is 1. The molecule has 0 spiro atoms. The second kappa shape index (κ2) is 7.53. The third-order valence-corrected chi connectivity index (χ3v) is 4.47. The van der Waals surface area contributed by atoms with Crippen molar-refractivity contribution >= 4 is 11.8 Å². The smallest absolute Gasteiger partial charge is 0.227 e. The Kier molecular flexibility index (Phi) is 5.69. The predicted octanol–water partition coefficient (Wildman–Crippen LogP) is 1.98. The molecule has 0 aliphatic heterocycles. The SMILES string of the molecule is CCC(=O)N[C@H]1CC[C@@H](N(C)C(=O)Cc2cnc(C)c(F)c2)C1. The number of aryl methyl sites for hydroxylation is 1. The van der Waals surface area contributed by atoms with Gasteiger partial charge in [-0.25, -0.2) is 4.39 Å². The lowest BCUT2D eigenvalue weighted by Crippen LogP contribution is -2.39. The van der Waals surface area contributed by atoms with Crippen LogP contribution in [0.2, 0.25) is 0 Å². The van der Waals surface area contributed by atoms with E-state index in [-0.39, 0.29) is 36.1 Å². The van der Waals surface area contributed by atoms with Crippen LogP contribution in [0.15, 0.2) is 12.3 Å². The van der Waals surface area contributed by atoms with E-state index < -0.39 is 0 Å². The first kappa shape index (κ1) is 17.4. The largest absolute Gasteiger partial charge is 0.353 e. The second-order valence-corrected chi connectivity index (χ2v) is 6.18. The lowest BCUT2D eigenvalue weighted by Gasteiger charge is -2.25. The minimum absolute atomic E-state index is 0.0471. The van der Waals surface area contributed by atoms with Crippen molar-refractivity contribution in [3.63, 3.8) is 0 Å². The predicted molar refractivity (Wildman–Crippen MR) is 85.3 cm³/mol. The summed E-state index contributed by atoms with van der Waals surface area (Å²) in [7, 11) is 1.77. The number of likely N-dealkylation sites (N-methyl/N-ethyl adjacent to an activating group) is 1. The molecule has 1 aliphatic carbocycles. The van der Waals surface area contributed by atoms with Crippen LogP contribution in [0.25, 0.3) is 0 Å². The molecule has 126 valence electrons. The van der Waals surface area contributed by atoms with Crippen molar-refractivity contribution < 1.29 is 14.0 Å². The number of pyridine rings is 1. The molecule has 2 rings (SSSR count). The minimum Gasteiger partial charge on any atom is -0.353 e. The highest BCUT2D eigenvalue weighted by atomic mass is 19.1. The number of amides is 2. The first-order chi connectivity index (χ1) is 10.9. The molecule has 1 heterocycles. The summed E-state index contributed by atoms with van der Waals surface area (Å²) in [6.45, 7) is 3.42. The van der Waals surface area contributed by atoms with Crippen molar-refractivity contribution in [2.24, 2.45) is 0 Å². The van der Waals surface area contributed by atoms with E-state index in [2.05, 4.69) is 10.3 Å². The monoisotopic (exact) mass is 321 g/mol. The molecule has 1 N–H and O–H groups in total. The summed E-state index contributed by atoms with van der Waals surface area (Å²) in [6, 6.07) is 1.63. The van der Waals surface area contributed by atoms with Crippen molar-refractivity contribution in [3.05, 3.63) is 29.3 Å². The van der Waals surface area contributed by atoms with E-state index in [1.54, 1.807) is 25.1 Å². The number of halogens is 1. The molecule has 0 unspecified atom stereocenters. The average Bonchev–Trinajstić information content (AvgIpc) is 2.98. The number of hydrogen-bond acceptors (Lipinski definition) is 3. The second-order valence-electron chi connectivity index (χ2n) is 6.18. The van der Waals surface area contributed by atoms with E-state index in [4.69, 9.17) is 0 Å². The standard InChI is InChI=1S/C17H24FN3O2/c1-4-16(22)20-13-5-6-14(9-13)21(3)17(23)8-12-7-15(18)11(2)19-10-12/h7,10,13-14H,4-6,8-9H2,1-3H3,(H,20,22)/t13-,14+/m0/s1. The first-order valence-electron chi connectivity index (χ1n) is 8.06. The summed E-state index contributed by atoms with van der Waals surface area (Å²) in [5.74, 6) is -0.394. The molecular formula is C17H24FN3O2. The molecule has 5 nitrogen and oxygen atoms in total. The molecule has 2 atom stereocenters. The average molecular weight is 321 g/mol. The molecule has 0 radical (unpaired) electrons. The summed E-state index contributed by atoms with van der Waals surface area (Å²) in [5, 5.41) is 2.98. The lowest BCUT2D eigenvalue weighted by molar-refractivity contribution is -0.131. The Balaban J connectivity index is 1.90. The third-order valence-electron chi connectivity index (χ3n) is 4.47. The Morgan fingerprint density at radius 2 is 2.17 bits per heavy atom. The van der Waals surface area contributed by atoms with Crippen LogP contribution >= 0.6 is 0 Å². The number of carbonyl (C=O) groups excluding carboxylic acids is 2. The maximum Gasteiger partial charge on any atom is 0.227 e. The number of aromatic nitrogens is 1. The highest BCUT2D eigenvalue weighted by molar-refractivity contribution is 5.79. The fourth-order valence-electron chi connectivity index (χ4n) is 2.92. The lowest BCUT2D eigenvalue weighted by atomic mass is 10.1. The van der Waals surface area contributed by atoms with Gasteiger partial charge in [0.15, 0.2) is 0 Å². The number of hydrogen-bond donors (Lipinski definition) is 1. The molecule has 0 saturated heterocycles. The molecule has 1 aromatic heterocycles. The zero-order valence-electron chi connectivity index (χ0n) is 13.9. The third kappa shape index (κ3) is 4.50. The summed E-state index contributed by atoms with van der Waals surface area (Å²) in [4.78, 5) is 29.5. The van der Waals surface area contributed by atoms with Crippen molar-refractivity contribution in [2.75, 3.05) is 7.05 Å². The van der Waals surface area contributed by atoms with Crippen molar-refractivity contribution in [1.29, 1.82) is 0 Å². The van der Waals surface area contributed by atoms with E-state index in [1.165, 1.54) is 6.07 Å². The quantitative estimate of drug-likeness (QED) is 0.902. The fourth-order valence-corrected chi connectivity index (χ4v) is 2.92. The van der Waals surface area contributed by atoms with E-state index in [1.807, 2.05) is 6.92 Å². The fraction of sp³-hybridized carbons (Fsp3) is 0.588. The number of carbonyl (C=O) groups is 2. The maximum atomic E-state index is 13.5. The van der Waals surface area contributed by atoms with Gasteiger partial charge >= 0.3 is 0 Å². The molecule has 2 amide bonds. The van der Waals surface area contributed by atoms with Crippen molar-refractivity contribution in [2.45, 2.75) is 58.0 Å². The van der Waals surface area contributed by atoms with E-state index >= 15 is 0 Å². The van der Waals surface area contributed by atoms with Crippen LogP contribution in [0.3, 0.4) is 0 Å². The van der Waals surface area contributed by atoms with Gasteiger partial charge in [0.2, 0.25) is 11.8 Å². The molecule has 6 heteroatoms. The normalized spacial score (nSPS) is 20.3. The Hall–Kier alpha value is -1.98. The van der Waals surface area contributed by atoms with E-state index in [0.29, 0.717) is 17.7 Å². The van der Waals surface area contributed by atoms with Gasteiger partial charge in [-0.3, -0.25) is 14.6 Å².